The molecule has 0 spiro atoms. The van der Waals surface area contributed by atoms with Gasteiger partial charge in [-0.2, -0.15) is 8.78 Å². The van der Waals surface area contributed by atoms with Crippen LogP contribution in [0.3, 0.4) is 0 Å². The summed E-state index contributed by atoms with van der Waals surface area (Å²) >= 11 is 0. The third kappa shape index (κ3) is 3.33. The van der Waals surface area contributed by atoms with E-state index in [1.807, 2.05) is 24.4 Å². The fourth-order valence-electron chi connectivity index (χ4n) is 2.85. The van der Waals surface area contributed by atoms with Crippen molar-refractivity contribution in [2.75, 3.05) is 0 Å². The van der Waals surface area contributed by atoms with Crippen LogP contribution in [0.5, 0.6) is 0 Å². The molecule has 0 radical (unpaired) electrons. The average molecular weight is 394 g/mol. The van der Waals surface area contributed by atoms with E-state index in [9.17, 15) is 8.78 Å². The fraction of sp³-hybridized carbons (Fsp3) is 0.111. The Morgan fingerprint density at radius 2 is 1.93 bits per heavy atom. The summed E-state index contributed by atoms with van der Waals surface area (Å²) < 4.78 is 31.7. The van der Waals surface area contributed by atoms with Gasteiger partial charge in [-0.05, 0) is 24.3 Å². The van der Waals surface area contributed by atoms with Crippen molar-refractivity contribution in [2.45, 2.75) is 13.0 Å². The van der Waals surface area contributed by atoms with Crippen molar-refractivity contribution in [2.24, 2.45) is 0 Å². The highest BCUT2D eigenvalue weighted by Gasteiger charge is 2.17. The highest BCUT2D eigenvalue weighted by molar-refractivity contribution is 5.80. The predicted molar refractivity (Wildman–Crippen MR) is 96.7 cm³/mol. The number of hydrogen-bond acceptors (Lipinski definition) is 7. The van der Waals surface area contributed by atoms with Gasteiger partial charge in [-0.1, -0.05) is 11.3 Å². The molecule has 4 heterocycles. The van der Waals surface area contributed by atoms with Gasteiger partial charge in [0.05, 0.1) is 41.4 Å². The lowest BCUT2D eigenvalue weighted by atomic mass is 10.1. The number of alkyl halides is 2. The maximum Gasteiger partial charge on any atom is 0.314 e. The molecule has 4 aromatic heterocycles. The third-order valence-corrected chi connectivity index (χ3v) is 4.28. The molecule has 144 valence electrons. The van der Waals surface area contributed by atoms with Crippen LogP contribution in [-0.4, -0.2) is 40.1 Å². The molecule has 1 aromatic carbocycles. The number of nitrogens with one attached hydrogen (secondary N) is 1. The molecule has 0 saturated heterocycles. The molecule has 0 saturated carbocycles. The van der Waals surface area contributed by atoms with E-state index < -0.39 is 12.3 Å². The van der Waals surface area contributed by atoms with Crippen LogP contribution >= 0.6 is 0 Å². The molecule has 0 aliphatic carbocycles. The van der Waals surface area contributed by atoms with Crippen LogP contribution in [-0.2, 0) is 6.54 Å². The number of imidazole rings is 1. The first-order valence-electron chi connectivity index (χ1n) is 8.56. The number of H-pyrrole nitrogens is 1. The monoisotopic (exact) mass is 394 g/mol. The molecule has 9 nitrogen and oxygen atoms in total. The van der Waals surface area contributed by atoms with Crippen LogP contribution in [0.4, 0.5) is 8.78 Å². The van der Waals surface area contributed by atoms with E-state index in [0.717, 1.165) is 22.3 Å². The molecule has 0 amide bonds. The number of rotatable bonds is 5. The number of halogens is 2. The van der Waals surface area contributed by atoms with Gasteiger partial charge in [-0.3, -0.25) is 4.98 Å². The third-order valence-electron chi connectivity index (χ3n) is 4.28. The molecule has 0 aliphatic heterocycles. The van der Waals surface area contributed by atoms with Crippen LogP contribution in [0, 0.1) is 0 Å². The summed E-state index contributed by atoms with van der Waals surface area (Å²) in [6.07, 6.45) is 2.14. The highest BCUT2D eigenvalue weighted by atomic mass is 19.3. The van der Waals surface area contributed by atoms with E-state index in [2.05, 4.69) is 35.5 Å². The van der Waals surface area contributed by atoms with Gasteiger partial charge >= 0.3 is 6.43 Å². The van der Waals surface area contributed by atoms with E-state index >= 15 is 0 Å². The normalized spacial score (nSPS) is 11.6. The number of fused-ring (bicyclic) bond motifs is 1. The number of nitrogens with zero attached hydrogens (tertiary/aromatic N) is 7. The number of benzene rings is 1. The van der Waals surface area contributed by atoms with Crippen LogP contribution in [0.1, 0.15) is 18.0 Å². The number of aromatic amines is 1. The minimum Gasteiger partial charge on any atom is -0.415 e. The molecule has 0 unspecified atom stereocenters. The van der Waals surface area contributed by atoms with E-state index in [4.69, 9.17) is 4.42 Å². The first kappa shape index (κ1) is 17.1. The van der Waals surface area contributed by atoms with Crippen molar-refractivity contribution in [3.8, 4) is 22.7 Å². The summed E-state index contributed by atoms with van der Waals surface area (Å²) in [5.74, 6) is -0.718. The Morgan fingerprint density at radius 3 is 2.72 bits per heavy atom. The van der Waals surface area contributed by atoms with E-state index in [1.165, 1.54) is 6.20 Å². The molecule has 5 rings (SSSR count). The molecule has 0 aliphatic rings. The van der Waals surface area contributed by atoms with Crippen molar-refractivity contribution >= 4 is 11.0 Å². The molecule has 11 heteroatoms. The zero-order valence-corrected chi connectivity index (χ0v) is 14.7. The molecule has 0 atom stereocenters. The zero-order chi connectivity index (χ0) is 19.8. The summed E-state index contributed by atoms with van der Waals surface area (Å²) in [6.45, 7) is 0.395. The highest BCUT2D eigenvalue weighted by Crippen LogP contribution is 2.23. The average Bonchev–Trinajstić information content (AvgIpc) is 3.48. The van der Waals surface area contributed by atoms with Crippen molar-refractivity contribution in [1.82, 2.24) is 40.1 Å². The summed E-state index contributed by atoms with van der Waals surface area (Å²) in [5.41, 5.74) is 4.62. The van der Waals surface area contributed by atoms with Crippen molar-refractivity contribution in [3.05, 3.63) is 60.6 Å². The minimum absolute atomic E-state index is 0.00316. The standard InChI is InChI=1S/C18H12F2N8O/c19-16(20)18-26-25-17(29-18)11-1-3-12(21-6-11)7-28-8-15(24-27-28)10-2-4-13-14(5-10)23-9-22-13/h1-6,8-9,16H,7H2,(H,22,23). The molecular weight excluding hydrogens is 382 g/mol. The van der Waals surface area contributed by atoms with Gasteiger partial charge in [0.1, 0.15) is 5.69 Å². The van der Waals surface area contributed by atoms with Crippen molar-refractivity contribution in [3.63, 3.8) is 0 Å². The van der Waals surface area contributed by atoms with Gasteiger partial charge in [0.2, 0.25) is 5.89 Å². The van der Waals surface area contributed by atoms with Gasteiger partial charge in [0.15, 0.2) is 0 Å². The topological polar surface area (TPSA) is 111 Å². The summed E-state index contributed by atoms with van der Waals surface area (Å²) in [5, 5.41) is 15.3. The fourth-order valence-corrected chi connectivity index (χ4v) is 2.85. The van der Waals surface area contributed by atoms with Crippen LogP contribution in [0.2, 0.25) is 0 Å². The van der Waals surface area contributed by atoms with E-state index in [0.29, 0.717) is 17.8 Å². The van der Waals surface area contributed by atoms with Crippen LogP contribution in [0.15, 0.2) is 53.5 Å². The lowest BCUT2D eigenvalue weighted by Crippen LogP contribution is -2.02. The summed E-state index contributed by atoms with van der Waals surface area (Å²) in [6, 6.07) is 9.22. The predicted octanol–water partition coefficient (Wildman–Crippen LogP) is 3.25. The molecule has 5 aromatic rings. The molecule has 1 N–H and O–H groups in total. The van der Waals surface area contributed by atoms with Crippen molar-refractivity contribution < 1.29 is 13.2 Å². The van der Waals surface area contributed by atoms with Crippen LogP contribution in [0.25, 0.3) is 33.7 Å². The first-order valence-corrected chi connectivity index (χ1v) is 8.56. The minimum atomic E-state index is -2.81. The SMILES string of the molecule is FC(F)c1nnc(-c2ccc(Cn3cc(-c4ccc5nc[nH]c5c4)nn3)nc2)o1. The zero-order valence-electron chi connectivity index (χ0n) is 14.7. The quantitative estimate of drug-likeness (QED) is 0.487. The van der Waals surface area contributed by atoms with Gasteiger partial charge in [-0.15, -0.1) is 15.3 Å². The number of pyridine rings is 1. The Balaban J connectivity index is 1.32. The lowest BCUT2D eigenvalue weighted by Gasteiger charge is -2.01. The van der Waals surface area contributed by atoms with Crippen LogP contribution < -0.4 is 0 Å². The maximum atomic E-state index is 12.6. The second-order valence-electron chi connectivity index (χ2n) is 6.22. The largest absolute Gasteiger partial charge is 0.415 e. The van der Waals surface area contributed by atoms with E-state index in [-0.39, 0.29) is 5.89 Å². The molecule has 0 bridgehead atoms. The molecular formula is C18H12F2N8O. The molecule has 0 fully saturated rings. The Morgan fingerprint density at radius 1 is 1.03 bits per heavy atom. The second kappa shape index (κ2) is 6.86. The van der Waals surface area contributed by atoms with E-state index in [1.54, 1.807) is 23.1 Å². The first-order chi connectivity index (χ1) is 14.2. The Bertz CT molecular complexity index is 1270. The second-order valence-corrected chi connectivity index (χ2v) is 6.22. The number of hydrogen-bond donors (Lipinski definition) is 1. The maximum absolute atomic E-state index is 12.6. The Hall–Kier alpha value is -4.02. The number of aromatic nitrogens is 8. The lowest BCUT2D eigenvalue weighted by molar-refractivity contribution is 0.116. The Kier molecular flexibility index (Phi) is 4.04. The van der Waals surface area contributed by atoms with Gasteiger partial charge in [0.25, 0.3) is 5.89 Å². The smallest absolute Gasteiger partial charge is 0.314 e. The summed E-state index contributed by atoms with van der Waals surface area (Å²) in [4.78, 5) is 11.6. The molecule has 29 heavy (non-hydrogen) atoms. The van der Waals surface area contributed by atoms with Crippen molar-refractivity contribution in [1.29, 1.82) is 0 Å². The van der Waals surface area contributed by atoms with Gasteiger partial charge in [0, 0.05) is 11.8 Å². The Labute approximate surface area is 161 Å². The van der Waals surface area contributed by atoms with Gasteiger partial charge in [-0.25, -0.2) is 9.67 Å². The van der Waals surface area contributed by atoms with Gasteiger partial charge < -0.3 is 9.40 Å². The summed E-state index contributed by atoms with van der Waals surface area (Å²) in [7, 11) is 0.